The van der Waals surface area contributed by atoms with E-state index >= 15 is 0 Å². The summed E-state index contributed by atoms with van der Waals surface area (Å²) in [5.41, 5.74) is -17.3. The van der Waals surface area contributed by atoms with E-state index in [0.29, 0.717) is 17.4 Å². The van der Waals surface area contributed by atoms with Gasteiger partial charge in [0.2, 0.25) is 0 Å². The number of rotatable bonds is 7. The maximum absolute atomic E-state index is 13.0. The molecule has 0 bridgehead atoms. The van der Waals surface area contributed by atoms with Gasteiger partial charge in [-0.05, 0) is 12.8 Å². The first kappa shape index (κ1) is 32.0. The minimum absolute atomic E-state index is 0.0674. The van der Waals surface area contributed by atoms with E-state index in [-0.39, 0.29) is 12.8 Å². The van der Waals surface area contributed by atoms with Crippen molar-refractivity contribution in [3.63, 3.8) is 0 Å². The fraction of sp³-hybridized carbons (Fsp3) is 0.684. The molecule has 1 aromatic heterocycles. The number of nitrogens with zero attached hydrogens (tertiary/aromatic N) is 1. The van der Waals surface area contributed by atoms with Crippen molar-refractivity contribution in [2.24, 2.45) is 0 Å². The lowest BCUT2D eigenvalue weighted by atomic mass is 9.97. The van der Waals surface area contributed by atoms with Crippen molar-refractivity contribution in [3.8, 4) is 12.3 Å². The van der Waals surface area contributed by atoms with Gasteiger partial charge in [0.05, 0.1) is 6.61 Å². The van der Waals surface area contributed by atoms with Crippen LogP contribution in [0.15, 0.2) is 21.9 Å². The molecule has 1 saturated heterocycles. The minimum Gasteiger partial charge on any atom is -0.345 e. The monoisotopic (exact) mass is 630 g/mol. The molecule has 226 valence electrons. The third-order valence-corrected chi connectivity index (χ3v) is 7.82. The van der Waals surface area contributed by atoms with Gasteiger partial charge < -0.3 is 14.2 Å². The molecule has 1 N–H and O–H groups in total. The van der Waals surface area contributed by atoms with E-state index in [4.69, 9.17) is 20.6 Å². The molecule has 0 aromatic carbocycles. The number of nitrogens with one attached hydrogen (secondary N) is 1. The molecular weight excluding hydrogens is 610 g/mol. The molecule has 0 amide bonds. The Morgan fingerprint density at radius 1 is 1.00 bits per heavy atom. The van der Waals surface area contributed by atoms with Crippen LogP contribution in [0.5, 0.6) is 0 Å². The predicted octanol–water partition coefficient (Wildman–Crippen LogP) is 0.842. The van der Waals surface area contributed by atoms with Crippen molar-refractivity contribution in [1.29, 1.82) is 0 Å². The molecule has 2 heterocycles. The fourth-order valence-electron chi connectivity index (χ4n) is 3.85. The fourth-order valence-corrected chi connectivity index (χ4v) is 4.82. The first-order valence-electron chi connectivity index (χ1n) is 11.0. The van der Waals surface area contributed by atoms with Crippen LogP contribution in [0.1, 0.15) is 31.9 Å². The molecular formula is C19H20F6N2O11S2. The Morgan fingerprint density at radius 3 is 1.98 bits per heavy atom. The number of terminal acetylenes is 1. The summed E-state index contributed by atoms with van der Waals surface area (Å²) in [5, 5.41) is 0. The molecule has 1 aromatic rings. The van der Waals surface area contributed by atoms with Gasteiger partial charge in [-0.1, -0.05) is 5.92 Å². The van der Waals surface area contributed by atoms with E-state index in [0.717, 1.165) is 12.3 Å². The van der Waals surface area contributed by atoms with Crippen LogP contribution in [0, 0.1) is 12.3 Å². The summed E-state index contributed by atoms with van der Waals surface area (Å²) in [6.07, 6.45) is 3.22. The lowest BCUT2D eigenvalue weighted by molar-refractivity contribution is -0.334. The van der Waals surface area contributed by atoms with Crippen molar-refractivity contribution in [3.05, 3.63) is 33.1 Å². The van der Waals surface area contributed by atoms with Gasteiger partial charge in [0, 0.05) is 25.1 Å². The van der Waals surface area contributed by atoms with E-state index in [1.165, 1.54) is 0 Å². The summed E-state index contributed by atoms with van der Waals surface area (Å²) >= 11 is 0. The van der Waals surface area contributed by atoms with Gasteiger partial charge in [-0.3, -0.25) is 22.7 Å². The largest absolute Gasteiger partial charge is 0.523 e. The van der Waals surface area contributed by atoms with Crippen LogP contribution in [0.25, 0.3) is 0 Å². The molecule has 1 saturated carbocycles. The Bertz CT molecular complexity index is 1410. The van der Waals surface area contributed by atoms with E-state index in [9.17, 15) is 52.8 Å². The number of hydrogen-bond donors (Lipinski definition) is 1. The highest BCUT2D eigenvalue weighted by atomic mass is 32.2. The Morgan fingerprint density at radius 2 is 1.52 bits per heavy atom. The van der Waals surface area contributed by atoms with Gasteiger partial charge in [-0.15, -0.1) is 6.42 Å². The average molecular weight is 630 g/mol. The third kappa shape index (κ3) is 6.69. The first-order valence-corrected chi connectivity index (χ1v) is 13.8. The molecule has 1 aliphatic heterocycles. The Hall–Kier alpha value is -2.48. The third-order valence-electron chi connectivity index (χ3n) is 5.83. The summed E-state index contributed by atoms with van der Waals surface area (Å²) in [4.78, 5) is 25.8. The van der Waals surface area contributed by atoms with Crippen LogP contribution in [0.3, 0.4) is 0 Å². The summed E-state index contributed by atoms with van der Waals surface area (Å²) < 4.78 is 151. The topological polar surface area (TPSA) is 169 Å². The normalized spacial score (nSPS) is 23.8. The number of alkyl halides is 6. The molecule has 1 spiro atoms. The molecule has 0 radical (unpaired) electrons. The Balaban J connectivity index is 2.20. The molecule has 1 aliphatic carbocycles. The highest BCUT2D eigenvalue weighted by molar-refractivity contribution is 7.87. The SMILES string of the molecule is C#C[C@@H]1OC2(CCCC2)OC[C@H](n2ccc(=O)[nH]c2=O)OC1(COS(=O)(=O)C(F)(F)F)COS(=O)(=O)C(F)(F)F. The molecule has 40 heavy (non-hydrogen) atoms. The van der Waals surface area contributed by atoms with Crippen LogP contribution in [0.4, 0.5) is 26.3 Å². The number of halogens is 6. The van der Waals surface area contributed by atoms with Crippen LogP contribution in [-0.4, -0.2) is 74.7 Å². The van der Waals surface area contributed by atoms with Gasteiger partial charge in [0.15, 0.2) is 23.7 Å². The minimum atomic E-state index is -6.47. The van der Waals surface area contributed by atoms with Crippen LogP contribution < -0.4 is 11.2 Å². The zero-order valence-electron chi connectivity index (χ0n) is 19.9. The number of H-pyrrole nitrogens is 1. The molecule has 21 heteroatoms. The molecule has 2 fully saturated rings. The summed E-state index contributed by atoms with van der Waals surface area (Å²) in [5.74, 6) is 0.210. The second kappa shape index (κ2) is 11.1. The molecule has 3 rings (SSSR count). The zero-order valence-corrected chi connectivity index (χ0v) is 21.5. The van der Waals surface area contributed by atoms with Crippen LogP contribution >= 0.6 is 0 Å². The standard InChI is InChI=1S/C19H20F6N2O11S2/c1-2-12-16(10-35-39(30,31)18(20,21)22,11-36-40(32,33)19(23,24)25)38-14(27-8-5-13(28)26-15(27)29)9-34-17(37-12)6-3-4-7-17/h1,5,8,12,14H,3-4,6-7,9-11H2,(H,26,28,29)/t12-,14+/m0/s1. The van der Waals surface area contributed by atoms with E-state index in [1.54, 1.807) is 0 Å². The number of hydrogen-bond acceptors (Lipinski definition) is 11. The van der Waals surface area contributed by atoms with Crippen LogP contribution in [-0.2, 0) is 42.8 Å². The zero-order chi connectivity index (χ0) is 30.2. The van der Waals surface area contributed by atoms with Gasteiger partial charge >= 0.3 is 36.9 Å². The second-order valence-corrected chi connectivity index (χ2v) is 11.8. The highest BCUT2D eigenvalue weighted by Crippen LogP contribution is 2.42. The number of ether oxygens (including phenoxy) is 3. The maximum atomic E-state index is 13.0. The lowest BCUT2D eigenvalue weighted by Gasteiger charge is -2.46. The van der Waals surface area contributed by atoms with Crippen molar-refractivity contribution in [2.45, 2.75) is 60.4 Å². The van der Waals surface area contributed by atoms with Crippen molar-refractivity contribution in [1.82, 2.24) is 9.55 Å². The van der Waals surface area contributed by atoms with E-state index < -0.39 is 86.0 Å². The van der Waals surface area contributed by atoms with Gasteiger partial charge in [0.1, 0.15) is 13.2 Å². The number of aromatic amines is 1. The van der Waals surface area contributed by atoms with Crippen LogP contribution in [0.2, 0.25) is 0 Å². The molecule has 2 aliphatic rings. The van der Waals surface area contributed by atoms with Gasteiger partial charge in [0.25, 0.3) is 5.56 Å². The number of aromatic nitrogens is 2. The summed E-state index contributed by atoms with van der Waals surface area (Å²) in [7, 11) is -12.9. The van der Waals surface area contributed by atoms with Gasteiger partial charge in [-0.2, -0.15) is 43.2 Å². The van der Waals surface area contributed by atoms with Crippen molar-refractivity contribution < 1.29 is 65.8 Å². The smallest absolute Gasteiger partial charge is 0.345 e. The van der Waals surface area contributed by atoms with Gasteiger partial charge in [-0.25, -0.2) is 4.79 Å². The quantitative estimate of drug-likeness (QED) is 0.196. The maximum Gasteiger partial charge on any atom is 0.523 e. The van der Waals surface area contributed by atoms with Crippen molar-refractivity contribution in [2.75, 3.05) is 19.8 Å². The Labute approximate surface area is 221 Å². The summed E-state index contributed by atoms with van der Waals surface area (Å²) in [6.45, 7) is -4.54. The Kier molecular flexibility index (Phi) is 8.87. The average Bonchev–Trinajstić information content (AvgIpc) is 3.29. The first-order chi connectivity index (χ1) is 18.3. The summed E-state index contributed by atoms with van der Waals surface area (Å²) in [6, 6.07) is 0.793. The van der Waals surface area contributed by atoms with E-state index in [2.05, 4.69) is 8.37 Å². The molecule has 13 nitrogen and oxygen atoms in total. The van der Waals surface area contributed by atoms with E-state index in [1.807, 2.05) is 10.9 Å². The molecule has 2 atom stereocenters. The molecule has 0 unspecified atom stereocenters. The second-order valence-electron chi connectivity index (χ2n) is 8.57. The lowest BCUT2D eigenvalue weighted by Crippen LogP contribution is -2.60. The van der Waals surface area contributed by atoms with Crippen molar-refractivity contribution >= 4 is 20.2 Å². The predicted molar refractivity (Wildman–Crippen MR) is 117 cm³/mol. The highest BCUT2D eigenvalue weighted by Gasteiger charge is 2.56.